The smallest absolute Gasteiger partial charge is 0.319 e. The van der Waals surface area contributed by atoms with Crippen LogP contribution in [0, 0.1) is 6.92 Å². The van der Waals surface area contributed by atoms with Gasteiger partial charge in [0, 0.05) is 0 Å². The van der Waals surface area contributed by atoms with Crippen LogP contribution < -0.4 is 10.6 Å². The standard InChI is InChI=1S/C12H12N2O2/c1-7-3-2-4-9-8(7)5-6-12(9)10(15)13-11(16)14-12/h2-4H,5-6H2,1H3,(H2,13,14,15,16). The normalized spacial score (nSPS) is 26.8. The van der Waals surface area contributed by atoms with Crippen LogP contribution in [0.1, 0.15) is 23.1 Å². The van der Waals surface area contributed by atoms with Crippen LogP contribution in [0.4, 0.5) is 4.79 Å². The van der Waals surface area contributed by atoms with Crippen LogP contribution in [-0.4, -0.2) is 11.9 Å². The number of amides is 3. The van der Waals surface area contributed by atoms with Gasteiger partial charge in [-0.25, -0.2) is 4.79 Å². The number of rotatable bonds is 0. The summed E-state index contributed by atoms with van der Waals surface area (Å²) in [6, 6.07) is 5.51. The summed E-state index contributed by atoms with van der Waals surface area (Å²) in [6.07, 6.45) is 1.50. The van der Waals surface area contributed by atoms with Crippen LogP contribution >= 0.6 is 0 Å². The van der Waals surface area contributed by atoms with Crippen LogP contribution in [-0.2, 0) is 16.8 Å². The third-order valence-electron chi connectivity index (χ3n) is 3.56. The van der Waals surface area contributed by atoms with E-state index in [1.807, 2.05) is 25.1 Å². The first-order valence-electron chi connectivity index (χ1n) is 5.36. The van der Waals surface area contributed by atoms with E-state index in [4.69, 9.17) is 0 Å². The van der Waals surface area contributed by atoms with Gasteiger partial charge in [-0.1, -0.05) is 18.2 Å². The minimum atomic E-state index is -0.807. The number of hydrogen-bond acceptors (Lipinski definition) is 2. The molecule has 1 heterocycles. The van der Waals surface area contributed by atoms with Crippen molar-refractivity contribution >= 4 is 11.9 Å². The van der Waals surface area contributed by atoms with Crippen molar-refractivity contribution in [3.63, 3.8) is 0 Å². The van der Waals surface area contributed by atoms with E-state index < -0.39 is 5.54 Å². The summed E-state index contributed by atoms with van der Waals surface area (Å²) in [5, 5.41) is 5.08. The van der Waals surface area contributed by atoms with Crippen molar-refractivity contribution < 1.29 is 9.59 Å². The number of fused-ring (bicyclic) bond motifs is 2. The number of aryl methyl sites for hydroxylation is 1. The molecule has 1 unspecified atom stereocenters. The van der Waals surface area contributed by atoms with Gasteiger partial charge in [0.1, 0.15) is 5.54 Å². The van der Waals surface area contributed by atoms with E-state index in [-0.39, 0.29) is 11.9 Å². The fourth-order valence-electron chi connectivity index (χ4n) is 2.74. The second kappa shape index (κ2) is 2.84. The summed E-state index contributed by atoms with van der Waals surface area (Å²) >= 11 is 0. The zero-order valence-electron chi connectivity index (χ0n) is 8.96. The highest BCUT2D eigenvalue weighted by Crippen LogP contribution is 2.40. The highest BCUT2D eigenvalue weighted by Gasteiger charge is 2.51. The third kappa shape index (κ3) is 0.988. The molecule has 16 heavy (non-hydrogen) atoms. The van der Waals surface area contributed by atoms with Gasteiger partial charge in [0.2, 0.25) is 0 Å². The van der Waals surface area contributed by atoms with Crippen LogP contribution in [0.25, 0.3) is 0 Å². The topological polar surface area (TPSA) is 58.2 Å². The number of carbonyl (C=O) groups is 2. The molecule has 0 aromatic heterocycles. The van der Waals surface area contributed by atoms with E-state index in [1.165, 1.54) is 11.1 Å². The summed E-state index contributed by atoms with van der Waals surface area (Å²) in [4.78, 5) is 23.2. The molecule has 1 aromatic rings. The van der Waals surface area contributed by atoms with Crippen LogP contribution in [0.3, 0.4) is 0 Å². The number of carbonyl (C=O) groups excluding carboxylic acids is 2. The van der Waals surface area contributed by atoms with Crippen LogP contribution in [0.5, 0.6) is 0 Å². The second-order valence-electron chi connectivity index (χ2n) is 4.41. The van der Waals surface area contributed by atoms with Gasteiger partial charge in [-0.2, -0.15) is 0 Å². The maximum Gasteiger partial charge on any atom is 0.322 e. The highest BCUT2D eigenvalue weighted by molar-refractivity contribution is 6.08. The predicted molar refractivity (Wildman–Crippen MR) is 57.9 cm³/mol. The number of imide groups is 1. The van der Waals surface area contributed by atoms with E-state index >= 15 is 0 Å². The zero-order valence-corrected chi connectivity index (χ0v) is 8.96. The van der Waals surface area contributed by atoms with E-state index in [0.29, 0.717) is 6.42 Å². The van der Waals surface area contributed by atoms with Crippen molar-refractivity contribution in [1.82, 2.24) is 10.6 Å². The molecule has 0 bridgehead atoms. The molecular formula is C12H12N2O2. The molecule has 0 radical (unpaired) electrons. The minimum Gasteiger partial charge on any atom is -0.319 e. The first-order chi connectivity index (χ1) is 7.63. The molecule has 1 spiro atoms. The fraction of sp³-hybridized carbons (Fsp3) is 0.333. The summed E-state index contributed by atoms with van der Waals surface area (Å²) in [7, 11) is 0. The number of hydrogen-bond donors (Lipinski definition) is 2. The molecule has 4 nitrogen and oxygen atoms in total. The van der Waals surface area contributed by atoms with Crippen molar-refractivity contribution in [2.24, 2.45) is 0 Å². The molecule has 1 aromatic carbocycles. The molecule has 1 aliphatic heterocycles. The Morgan fingerprint density at radius 2 is 2.12 bits per heavy atom. The largest absolute Gasteiger partial charge is 0.322 e. The molecular weight excluding hydrogens is 204 g/mol. The Morgan fingerprint density at radius 1 is 1.31 bits per heavy atom. The molecule has 3 rings (SSSR count). The molecule has 4 heteroatoms. The zero-order chi connectivity index (χ0) is 11.3. The van der Waals surface area contributed by atoms with Crippen LogP contribution in [0.15, 0.2) is 18.2 Å². The van der Waals surface area contributed by atoms with Crippen molar-refractivity contribution in [1.29, 1.82) is 0 Å². The van der Waals surface area contributed by atoms with Gasteiger partial charge in [-0.05, 0) is 36.5 Å². The third-order valence-corrected chi connectivity index (χ3v) is 3.56. The molecule has 2 N–H and O–H groups in total. The summed E-state index contributed by atoms with van der Waals surface area (Å²) in [5.74, 6) is -0.221. The van der Waals surface area contributed by atoms with Crippen molar-refractivity contribution in [2.45, 2.75) is 25.3 Å². The van der Waals surface area contributed by atoms with Gasteiger partial charge in [0.25, 0.3) is 5.91 Å². The monoisotopic (exact) mass is 216 g/mol. The van der Waals surface area contributed by atoms with E-state index in [1.54, 1.807) is 0 Å². The Balaban J connectivity index is 2.19. The predicted octanol–water partition coefficient (Wildman–Crippen LogP) is 0.976. The molecule has 3 amide bonds. The first kappa shape index (κ1) is 9.39. The first-order valence-corrected chi connectivity index (χ1v) is 5.36. The Morgan fingerprint density at radius 3 is 2.81 bits per heavy atom. The maximum atomic E-state index is 11.9. The molecule has 0 saturated carbocycles. The number of urea groups is 1. The maximum absolute atomic E-state index is 11.9. The Hall–Kier alpha value is -1.84. The summed E-state index contributed by atoms with van der Waals surface area (Å²) in [6.45, 7) is 2.03. The fourth-order valence-corrected chi connectivity index (χ4v) is 2.74. The minimum absolute atomic E-state index is 0.221. The molecule has 1 fully saturated rings. The second-order valence-corrected chi connectivity index (χ2v) is 4.41. The number of benzene rings is 1. The Labute approximate surface area is 93.0 Å². The molecule has 82 valence electrons. The van der Waals surface area contributed by atoms with E-state index in [2.05, 4.69) is 10.6 Å². The van der Waals surface area contributed by atoms with Gasteiger partial charge < -0.3 is 5.32 Å². The Bertz CT molecular complexity index is 510. The highest BCUT2D eigenvalue weighted by atomic mass is 16.2. The van der Waals surface area contributed by atoms with Gasteiger partial charge >= 0.3 is 6.03 Å². The molecule has 1 atom stereocenters. The lowest BCUT2D eigenvalue weighted by Gasteiger charge is -2.21. The summed E-state index contributed by atoms with van der Waals surface area (Å²) in [5.41, 5.74) is 2.53. The lowest BCUT2D eigenvalue weighted by atomic mass is 9.91. The quantitative estimate of drug-likeness (QED) is 0.635. The van der Waals surface area contributed by atoms with Crippen molar-refractivity contribution in [2.75, 3.05) is 0 Å². The van der Waals surface area contributed by atoms with Gasteiger partial charge in [0.15, 0.2) is 0 Å². The van der Waals surface area contributed by atoms with E-state index in [9.17, 15) is 9.59 Å². The lowest BCUT2D eigenvalue weighted by molar-refractivity contribution is -0.124. The SMILES string of the molecule is Cc1cccc2c1CCC21NC(=O)NC1=O. The average molecular weight is 216 g/mol. The summed E-state index contributed by atoms with van der Waals surface area (Å²) < 4.78 is 0. The Kier molecular flexibility index (Phi) is 1.67. The van der Waals surface area contributed by atoms with Gasteiger partial charge in [-0.3, -0.25) is 10.1 Å². The molecule has 1 aliphatic carbocycles. The number of nitrogens with one attached hydrogen (secondary N) is 2. The van der Waals surface area contributed by atoms with Gasteiger partial charge in [0.05, 0.1) is 0 Å². The average Bonchev–Trinajstić information content (AvgIpc) is 2.72. The van der Waals surface area contributed by atoms with Crippen LogP contribution in [0.2, 0.25) is 0 Å². The van der Waals surface area contributed by atoms with Crippen molar-refractivity contribution in [3.8, 4) is 0 Å². The van der Waals surface area contributed by atoms with E-state index in [0.717, 1.165) is 12.0 Å². The lowest BCUT2D eigenvalue weighted by Crippen LogP contribution is -2.41. The molecule has 2 aliphatic rings. The molecule has 1 saturated heterocycles. The van der Waals surface area contributed by atoms with Gasteiger partial charge in [-0.15, -0.1) is 0 Å². The van der Waals surface area contributed by atoms with Crippen molar-refractivity contribution in [3.05, 3.63) is 34.9 Å².